The van der Waals surface area contributed by atoms with Crippen LogP contribution in [-0.4, -0.2) is 56.4 Å². The fourth-order valence-electron chi connectivity index (χ4n) is 6.69. The average Bonchev–Trinajstić information content (AvgIpc) is 3.32. The zero-order valence-corrected chi connectivity index (χ0v) is 38.3. The minimum atomic E-state index is -4.81. The summed E-state index contributed by atoms with van der Waals surface area (Å²) in [7, 11) is 0. The molecular weight excluding hydrogens is 987 g/mol. The van der Waals surface area contributed by atoms with Gasteiger partial charge in [0.05, 0.1) is 52.9 Å². The van der Waals surface area contributed by atoms with Gasteiger partial charge >= 0.3 is 25.7 Å². The number of carbonyl (C=O) groups is 3. The third-order valence-electron chi connectivity index (χ3n) is 9.63. The molecule has 0 amide bonds. The first-order valence-electron chi connectivity index (χ1n) is 19.5. The molecule has 0 atom stereocenters. The van der Waals surface area contributed by atoms with Crippen molar-refractivity contribution in [1.82, 2.24) is 19.9 Å². The summed E-state index contributed by atoms with van der Waals surface area (Å²) in [6.45, 7) is 5.29. The number of hydrogen-bond acceptors (Lipinski definition) is 13. The molecule has 0 saturated heterocycles. The first kappa shape index (κ1) is 52.5. The second kappa shape index (κ2) is 25.0. The van der Waals surface area contributed by atoms with Crippen molar-refractivity contribution in [3.63, 3.8) is 0 Å². The molecule has 68 heavy (non-hydrogen) atoms. The monoisotopic (exact) mass is 1020 g/mol. The molecule has 344 valence electrons. The van der Waals surface area contributed by atoms with Crippen LogP contribution in [0, 0.1) is 5.41 Å². The second-order valence-electron chi connectivity index (χ2n) is 14.2. The van der Waals surface area contributed by atoms with Crippen molar-refractivity contribution in [2.24, 2.45) is 0 Å². The van der Waals surface area contributed by atoms with Gasteiger partial charge in [-0.1, -0.05) is 62.5 Å². The van der Waals surface area contributed by atoms with Crippen LogP contribution < -0.4 is 4.90 Å². The average molecular weight is 1020 g/mol. The molecule has 0 saturated carbocycles. The SMILES string of the molecule is CC1(C)c2ccccc2N(c2ccnc(/C([NH-])=C/C(=N)C(F)(F)F)c2)c2ccccc21.O=CO/C=C/c1ccnc(-c2cc(/C=C/OC=O)cc(-c3cc(/C=C/OC=O)ccn3)n2)c1.[N-]=C=S.[Ru+2]. The summed E-state index contributed by atoms with van der Waals surface area (Å²) in [5.41, 5.74) is 15.0. The molecule has 0 fully saturated rings. The molecule has 14 nitrogen and oxygen atoms in total. The van der Waals surface area contributed by atoms with E-state index in [1.165, 1.54) is 30.1 Å². The van der Waals surface area contributed by atoms with Gasteiger partial charge in [-0.15, -0.1) is 5.70 Å². The Kier molecular flexibility index (Phi) is 19.3. The number of rotatable bonds is 14. The van der Waals surface area contributed by atoms with Crippen molar-refractivity contribution in [2.75, 3.05) is 4.90 Å². The predicted octanol–water partition coefficient (Wildman–Crippen LogP) is 11.5. The van der Waals surface area contributed by atoms with Gasteiger partial charge < -0.3 is 30.3 Å². The number of nitrogens with one attached hydrogen (secondary N) is 2. The van der Waals surface area contributed by atoms with Gasteiger partial charge in [0.15, 0.2) is 0 Å². The van der Waals surface area contributed by atoms with Crippen LogP contribution in [0.2, 0.25) is 0 Å². The van der Waals surface area contributed by atoms with E-state index in [1.807, 2.05) is 41.3 Å². The van der Waals surface area contributed by atoms with E-state index in [1.54, 1.807) is 79.2 Å². The number of thiocarbonyl (C=S) groups is 1. The molecule has 0 bridgehead atoms. The smallest absolute Gasteiger partial charge is 0.753 e. The number of isothiocyanates is 1. The molecule has 1 aliphatic heterocycles. The largest absolute Gasteiger partial charge is 2.00 e. The zero-order valence-electron chi connectivity index (χ0n) is 35.8. The molecule has 7 rings (SSSR count). The van der Waals surface area contributed by atoms with Crippen LogP contribution in [0.3, 0.4) is 0 Å². The van der Waals surface area contributed by atoms with Crippen LogP contribution in [0.1, 0.15) is 47.4 Å². The van der Waals surface area contributed by atoms with Crippen molar-refractivity contribution in [2.45, 2.75) is 25.4 Å². The Morgan fingerprint density at radius 3 is 1.59 bits per heavy atom. The molecule has 2 aromatic carbocycles. The van der Waals surface area contributed by atoms with Gasteiger partial charge in [-0.25, -0.2) is 4.98 Å². The molecule has 1 aliphatic rings. The van der Waals surface area contributed by atoms with Crippen LogP contribution in [0.15, 0.2) is 141 Å². The van der Waals surface area contributed by atoms with Gasteiger partial charge in [0.2, 0.25) is 0 Å². The number of para-hydroxylation sites is 2. The minimum absolute atomic E-state index is 0. The Hall–Kier alpha value is -8.11. The fourth-order valence-corrected chi connectivity index (χ4v) is 6.69. The van der Waals surface area contributed by atoms with Gasteiger partial charge in [-0.2, -0.15) is 18.3 Å². The van der Waals surface area contributed by atoms with Crippen molar-refractivity contribution in [3.8, 4) is 22.8 Å². The number of pyridine rings is 4. The second-order valence-corrected chi connectivity index (χ2v) is 14.4. The molecular formula is C49H37F3N8O6RuS. The summed E-state index contributed by atoms with van der Waals surface area (Å²) in [5.74, 6) is 0. The van der Waals surface area contributed by atoms with Crippen LogP contribution in [-0.2, 0) is 53.5 Å². The number of anilines is 3. The van der Waals surface area contributed by atoms with Crippen molar-refractivity contribution in [3.05, 3.63) is 185 Å². The van der Waals surface area contributed by atoms with E-state index in [4.69, 9.17) is 16.6 Å². The zero-order chi connectivity index (χ0) is 48.4. The number of carbonyl (C=O) groups excluding carboxylic acids is 3. The summed E-state index contributed by atoms with van der Waals surface area (Å²) in [6, 6.07) is 29.9. The van der Waals surface area contributed by atoms with E-state index < -0.39 is 17.6 Å². The summed E-state index contributed by atoms with van der Waals surface area (Å²) in [6.07, 6.45) is 8.95. The quantitative estimate of drug-likeness (QED) is 0.0270. The van der Waals surface area contributed by atoms with E-state index in [9.17, 15) is 27.6 Å². The van der Waals surface area contributed by atoms with Crippen LogP contribution in [0.4, 0.5) is 30.2 Å². The van der Waals surface area contributed by atoms with Crippen molar-refractivity contribution in [1.29, 1.82) is 5.41 Å². The molecule has 5 heterocycles. The summed E-state index contributed by atoms with van der Waals surface area (Å²) >= 11 is 3.70. The Bertz CT molecular complexity index is 2790. The van der Waals surface area contributed by atoms with Crippen LogP contribution in [0.25, 0.3) is 57.8 Å². The Morgan fingerprint density at radius 2 is 1.13 bits per heavy atom. The number of nitrogens with zero attached hydrogens (tertiary/aromatic N) is 6. The maximum absolute atomic E-state index is 12.7. The van der Waals surface area contributed by atoms with E-state index in [0.717, 1.165) is 33.6 Å². The normalized spacial score (nSPS) is 12.4. The Labute approximate surface area is 406 Å². The molecule has 0 aliphatic carbocycles. The third-order valence-corrected chi connectivity index (χ3v) is 9.63. The standard InChI is InChI=1S/C24H20F3N4.C24H17N3O6.CNS.Ru/c1-23(2)16-7-3-5-9-20(16)31(21-10-6-4-8-17(21)23)15-11-12-30-19(13-15)18(28)14-22(29)24(25,26)27;28-15-31-8-3-18-1-6-25-21(11-18)23-13-20(5-10-33-17-30)14-24(27-23)22-12-19(2-7-26-22)4-9-32-16-29;2-1-3;/h3-14,28-29H,1-2H3;1-17H;;/q-1;;-1;+2/b18-14-,29-22?;8-3+,9-4+,10-5+;;. The van der Waals surface area contributed by atoms with Gasteiger partial charge in [-0.05, 0) is 113 Å². The van der Waals surface area contributed by atoms with Crippen molar-refractivity contribution >= 4 is 83.5 Å². The predicted molar refractivity (Wildman–Crippen MR) is 252 cm³/mol. The number of alkyl halides is 3. The number of benzene rings is 2. The van der Waals surface area contributed by atoms with E-state index in [0.29, 0.717) is 59.5 Å². The van der Waals surface area contributed by atoms with E-state index in [-0.39, 0.29) is 30.6 Å². The van der Waals surface area contributed by atoms with Gasteiger partial charge in [0, 0.05) is 35.4 Å². The molecule has 0 spiro atoms. The van der Waals surface area contributed by atoms with Gasteiger partial charge in [-0.3, -0.25) is 34.7 Å². The minimum Gasteiger partial charge on any atom is -0.753 e. The molecule has 0 unspecified atom stereocenters. The Morgan fingerprint density at radius 1 is 0.706 bits per heavy atom. The molecule has 19 heteroatoms. The molecule has 2 N–H and O–H groups in total. The number of aromatic nitrogens is 4. The van der Waals surface area contributed by atoms with E-state index in [2.05, 4.69) is 72.3 Å². The summed E-state index contributed by atoms with van der Waals surface area (Å²) in [5, 5.41) is 15.6. The summed E-state index contributed by atoms with van der Waals surface area (Å²) in [4.78, 5) is 50.7. The van der Waals surface area contributed by atoms with Gasteiger partial charge in [0.1, 0.15) is 5.71 Å². The molecule has 6 aromatic rings. The number of hydrogen-bond donors (Lipinski definition) is 1. The van der Waals surface area contributed by atoms with Crippen LogP contribution in [0.5, 0.6) is 0 Å². The molecule has 4 aromatic heterocycles. The summed E-state index contributed by atoms with van der Waals surface area (Å²) < 4.78 is 52.0. The van der Waals surface area contributed by atoms with Gasteiger partial charge in [0.25, 0.3) is 19.4 Å². The van der Waals surface area contributed by atoms with Crippen molar-refractivity contribution < 1.29 is 61.2 Å². The third kappa shape index (κ3) is 13.7. The maximum Gasteiger partial charge on any atom is 2.00 e. The fraction of sp³-hybridized carbons (Fsp3) is 0.0816. The Balaban J connectivity index is 0.000000277. The first-order valence-corrected chi connectivity index (χ1v) is 19.9. The first-order chi connectivity index (χ1) is 32.2. The molecule has 0 radical (unpaired) electrons. The number of ether oxygens (including phenoxy) is 3. The number of fused-ring (bicyclic) bond motifs is 2. The number of allylic oxidation sites excluding steroid dienone is 1. The van der Waals surface area contributed by atoms with E-state index >= 15 is 0 Å². The maximum atomic E-state index is 12.7. The topological polar surface area (TPSA) is 204 Å². The number of halogens is 3. The van der Waals surface area contributed by atoms with Crippen LogP contribution >= 0.6 is 12.2 Å².